The average molecular weight is 228 g/mol. The first-order valence-corrected chi connectivity index (χ1v) is 5.94. The lowest BCUT2D eigenvalue weighted by Gasteiger charge is -2.14. The van der Waals surface area contributed by atoms with Gasteiger partial charge in [-0.15, -0.1) is 0 Å². The predicted molar refractivity (Wildman–Crippen MR) is 66.4 cm³/mol. The van der Waals surface area contributed by atoms with Crippen LogP contribution in [0.3, 0.4) is 0 Å². The number of ether oxygens (including phenoxy) is 1. The van der Waals surface area contributed by atoms with Crippen LogP contribution in [0.4, 0.5) is 0 Å². The Labute approximate surface area is 101 Å². The maximum Gasteiger partial charge on any atom is 0.150 e. The van der Waals surface area contributed by atoms with Crippen molar-refractivity contribution in [2.24, 2.45) is 0 Å². The zero-order valence-electron chi connectivity index (χ0n) is 9.76. The highest BCUT2D eigenvalue weighted by atomic mass is 16.5. The van der Waals surface area contributed by atoms with E-state index in [4.69, 9.17) is 4.74 Å². The molecule has 3 nitrogen and oxygen atoms in total. The molecule has 1 saturated heterocycles. The Morgan fingerprint density at radius 3 is 2.59 bits per heavy atom. The van der Waals surface area contributed by atoms with Crippen molar-refractivity contribution in [3.8, 4) is 0 Å². The average Bonchev–Trinajstić information content (AvgIpc) is 2.99. The fourth-order valence-corrected chi connectivity index (χ4v) is 2.31. The van der Waals surface area contributed by atoms with Crippen LogP contribution in [-0.2, 0) is 4.74 Å². The SMILES string of the molecule is CC1NC(c2ccc[nH]2)OC1c1ccccc1. The second-order valence-electron chi connectivity index (χ2n) is 4.43. The summed E-state index contributed by atoms with van der Waals surface area (Å²) < 4.78 is 6.06. The van der Waals surface area contributed by atoms with Crippen molar-refractivity contribution in [2.45, 2.75) is 25.3 Å². The molecule has 0 amide bonds. The standard InChI is InChI=1S/C14H16N2O/c1-10-13(11-6-3-2-4-7-11)17-14(16-10)12-8-5-9-15-12/h2-10,13-16H,1H3. The molecule has 0 bridgehead atoms. The Balaban J connectivity index is 1.81. The molecule has 1 aliphatic heterocycles. The van der Waals surface area contributed by atoms with Crippen LogP contribution in [0.25, 0.3) is 0 Å². The minimum Gasteiger partial charge on any atom is -0.362 e. The van der Waals surface area contributed by atoms with Gasteiger partial charge in [-0.05, 0) is 24.6 Å². The molecule has 3 atom stereocenters. The van der Waals surface area contributed by atoms with E-state index < -0.39 is 0 Å². The van der Waals surface area contributed by atoms with Crippen molar-refractivity contribution >= 4 is 0 Å². The third kappa shape index (κ3) is 1.99. The van der Waals surface area contributed by atoms with Crippen LogP contribution in [0, 0.1) is 0 Å². The molecule has 0 spiro atoms. The zero-order valence-corrected chi connectivity index (χ0v) is 9.76. The Kier molecular flexibility index (Phi) is 2.71. The van der Waals surface area contributed by atoms with Gasteiger partial charge in [0, 0.05) is 12.2 Å². The molecule has 2 N–H and O–H groups in total. The lowest BCUT2D eigenvalue weighted by Crippen LogP contribution is -2.23. The highest BCUT2D eigenvalue weighted by Gasteiger charge is 2.33. The Hall–Kier alpha value is -1.58. The number of aromatic nitrogens is 1. The minimum atomic E-state index is -0.0368. The monoisotopic (exact) mass is 228 g/mol. The van der Waals surface area contributed by atoms with E-state index in [1.165, 1.54) is 5.56 Å². The first-order chi connectivity index (χ1) is 8.34. The molecule has 3 unspecified atom stereocenters. The molecular formula is C14H16N2O. The van der Waals surface area contributed by atoms with E-state index in [-0.39, 0.29) is 12.3 Å². The van der Waals surface area contributed by atoms with E-state index in [0.717, 1.165) is 5.69 Å². The van der Waals surface area contributed by atoms with Crippen LogP contribution in [0.15, 0.2) is 48.7 Å². The first-order valence-electron chi connectivity index (χ1n) is 5.94. The third-order valence-corrected chi connectivity index (χ3v) is 3.18. The first kappa shape index (κ1) is 10.6. The fourth-order valence-electron chi connectivity index (χ4n) is 2.31. The van der Waals surface area contributed by atoms with E-state index in [1.807, 2.05) is 36.5 Å². The van der Waals surface area contributed by atoms with Gasteiger partial charge in [-0.3, -0.25) is 5.32 Å². The van der Waals surface area contributed by atoms with Crippen molar-refractivity contribution in [1.29, 1.82) is 0 Å². The van der Waals surface area contributed by atoms with Gasteiger partial charge in [0.05, 0.1) is 5.69 Å². The lowest BCUT2D eigenvalue weighted by molar-refractivity contribution is 0.0342. The highest BCUT2D eigenvalue weighted by Crippen LogP contribution is 2.33. The molecule has 0 aliphatic carbocycles. The normalized spacial score (nSPS) is 28.4. The molecule has 2 heterocycles. The van der Waals surface area contributed by atoms with Crippen LogP contribution in [-0.4, -0.2) is 11.0 Å². The lowest BCUT2D eigenvalue weighted by atomic mass is 10.0. The number of rotatable bonds is 2. The van der Waals surface area contributed by atoms with Gasteiger partial charge in [0.25, 0.3) is 0 Å². The van der Waals surface area contributed by atoms with Crippen LogP contribution in [0.2, 0.25) is 0 Å². The predicted octanol–water partition coefficient (Wildman–Crippen LogP) is 2.76. The summed E-state index contributed by atoms with van der Waals surface area (Å²) in [4.78, 5) is 3.18. The Bertz CT molecular complexity index is 466. The number of hydrogen-bond donors (Lipinski definition) is 2. The summed E-state index contributed by atoms with van der Waals surface area (Å²) in [7, 11) is 0. The molecular weight excluding hydrogens is 212 g/mol. The molecule has 3 heteroatoms. The van der Waals surface area contributed by atoms with Gasteiger partial charge in [0.1, 0.15) is 12.3 Å². The Morgan fingerprint density at radius 1 is 1.06 bits per heavy atom. The fraction of sp³-hybridized carbons (Fsp3) is 0.286. The van der Waals surface area contributed by atoms with Crippen molar-refractivity contribution in [2.75, 3.05) is 0 Å². The van der Waals surface area contributed by atoms with Gasteiger partial charge in [-0.25, -0.2) is 0 Å². The van der Waals surface area contributed by atoms with E-state index in [0.29, 0.717) is 6.04 Å². The largest absolute Gasteiger partial charge is 0.362 e. The Morgan fingerprint density at radius 2 is 1.88 bits per heavy atom. The molecule has 1 fully saturated rings. The summed E-state index contributed by atoms with van der Waals surface area (Å²) in [6, 6.07) is 14.7. The number of hydrogen-bond acceptors (Lipinski definition) is 2. The van der Waals surface area contributed by atoms with Gasteiger partial charge < -0.3 is 9.72 Å². The summed E-state index contributed by atoms with van der Waals surface area (Å²) in [6.07, 6.45) is 2.00. The summed E-state index contributed by atoms with van der Waals surface area (Å²) >= 11 is 0. The van der Waals surface area contributed by atoms with E-state index >= 15 is 0 Å². The zero-order chi connectivity index (χ0) is 11.7. The van der Waals surface area contributed by atoms with Gasteiger partial charge in [-0.1, -0.05) is 30.3 Å². The van der Waals surface area contributed by atoms with Crippen molar-refractivity contribution in [3.63, 3.8) is 0 Å². The smallest absolute Gasteiger partial charge is 0.150 e. The van der Waals surface area contributed by atoms with Crippen LogP contribution in [0.5, 0.6) is 0 Å². The second-order valence-corrected chi connectivity index (χ2v) is 4.43. The van der Waals surface area contributed by atoms with E-state index in [1.54, 1.807) is 0 Å². The van der Waals surface area contributed by atoms with Gasteiger partial charge in [-0.2, -0.15) is 0 Å². The summed E-state index contributed by atoms with van der Waals surface area (Å²) in [5.41, 5.74) is 2.30. The molecule has 17 heavy (non-hydrogen) atoms. The van der Waals surface area contributed by atoms with Gasteiger partial charge >= 0.3 is 0 Å². The molecule has 3 rings (SSSR count). The second kappa shape index (κ2) is 4.35. The quantitative estimate of drug-likeness (QED) is 0.829. The molecule has 0 saturated carbocycles. The van der Waals surface area contributed by atoms with Gasteiger partial charge in [0.15, 0.2) is 0 Å². The van der Waals surface area contributed by atoms with Crippen LogP contribution >= 0.6 is 0 Å². The van der Waals surface area contributed by atoms with E-state index in [2.05, 4.69) is 29.4 Å². The highest BCUT2D eigenvalue weighted by molar-refractivity contribution is 5.21. The molecule has 1 aromatic carbocycles. The van der Waals surface area contributed by atoms with Crippen molar-refractivity contribution in [1.82, 2.24) is 10.3 Å². The minimum absolute atomic E-state index is 0.0368. The molecule has 1 aliphatic rings. The molecule has 0 radical (unpaired) electrons. The van der Waals surface area contributed by atoms with Crippen LogP contribution < -0.4 is 5.32 Å². The molecule has 1 aromatic heterocycles. The topological polar surface area (TPSA) is 37.0 Å². The third-order valence-electron chi connectivity index (χ3n) is 3.18. The summed E-state index contributed by atoms with van der Waals surface area (Å²) in [6.45, 7) is 2.15. The molecule has 2 aromatic rings. The van der Waals surface area contributed by atoms with Crippen LogP contribution in [0.1, 0.15) is 30.5 Å². The van der Waals surface area contributed by atoms with Crippen molar-refractivity contribution in [3.05, 3.63) is 59.9 Å². The number of H-pyrrole nitrogens is 1. The molecule has 88 valence electrons. The maximum atomic E-state index is 6.06. The van der Waals surface area contributed by atoms with Crippen molar-refractivity contribution < 1.29 is 4.74 Å². The van der Waals surface area contributed by atoms with Gasteiger partial charge in [0.2, 0.25) is 0 Å². The number of benzene rings is 1. The number of nitrogens with one attached hydrogen (secondary N) is 2. The maximum absolute atomic E-state index is 6.06. The summed E-state index contributed by atoms with van der Waals surface area (Å²) in [5.74, 6) is 0. The summed E-state index contributed by atoms with van der Waals surface area (Å²) in [5, 5.41) is 3.45. The number of aromatic amines is 1. The van der Waals surface area contributed by atoms with E-state index in [9.17, 15) is 0 Å².